The minimum atomic E-state index is -0.304. The third-order valence-electron chi connectivity index (χ3n) is 6.16. The van der Waals surface area contributed by atoms with Crippen molar-refractivity contribution in [3.63, 3.8) is 0 Å². The molecule has 5 aromatic carbocycles. The Morgan fingerprint density at radius 3 is 1.75 bits per heavy atom. The molecular weight excluding hydrogens is 451 g/mol. The molecule has 0 aliphatic carbocycles. The highest BCUT2D eigenvalue weighted by Gasteiger charge is 2.25. The first kappa shape index (κ1) is 21.9. The predicted molar refractivity (Wildman–Crippen MR) is 144 cm³/mol. The van der Waals surface area contributed by atoms with E-state index < -0.39 is 0 Å². The van der Waals surface area contributed by atoms with E-state index in [1.165, 1.54) is 12.1 Å². The summed E-state index contributed by atoms with van der Waals surface area (Å²) in [6, 6.07) is 27.8. The Morgan fingerprint density at radius 2 is 1.08 bits per heavy atom. The van der Waals surface area contributed by atoms with Crippen LogP contribution in [-0.2, 0) is 0 Å². The summed E-state index contributed by atoms with van der Waals surface area (Å²) in [5, 5.41) is 29.0. The highest BCUT2D eigenvalue weighted by Crippen LogP contribution is 2.42. The summed E-state index contributed by atoms with van der Waals surface area (Å²) in [4.78, 5) is 0. The maximum Gasteiger partial charge on any atom is 0.123 e. The van der Waals surface area contributed by atoms with Crippen molar-refractivity contribution in [3.05, 3.63) is 96.8 Å². The van der Waals surface area contributed by atoms with Gasteiger partial charge in [0.15, 0.2) is 0 Å². The molecule has 0 amide bonds. The van der Waals surface area contributed by atoms with E-state index in [-0.39, 0.29) is 11.5 Å². The van der Waals surface area contributed by atoms with Crippen molar-refractivity contribution >= 4 is 55.7 Å². The van der Waals surface area contributed by atoms with Crippen molar-refractivity contribution in [1.82, 2.24) is 0 Å². The molecule has 7 heteroatoms. The molecule has 0 bridgehead atoms. The van der Waals surface area contributed by atoms with E-state index in [0.717, 1.165) is 44.3 Å². The number of azo groups is 2. The van der Waals surface area contributed by atoms with Crippen LogP contribution in [0.1, 0.15) is 13.8 Å². The van der Waals surface area contributed by atoms with Gasteiger partial charge < -0.3 is 10.6 Å². The van der Waals surface area contributed by atoms with E-state index in [1.54, 1.807) is 12.1 Å². The molecule has 0 atom stereocenters. The number of rotatable bonds is 4. The van der Waals surface area contributed by atoms with Crippen molar-refractivity contribution in [2.45, 2.75) is 19.5 Å². The van der Waals surface area contributed by atoms with Crippen LogP contribution in [0.4, 0.5) is 38.5 Å². The fourth-order valence-corrected chi connectivity index (χ4v) is 4.56. The maximum atomic E-state index is 13.2. The lowest BCUT2D eigenvalue weighted by atomic mass is 10.00. The lowest BCUT2D eigenvalue weighted by molar-refractivity contribution is 0.628. The van der Waals surface area contributed by atoms with Crippen LogP contribution in [0, 0.1) is 5.82 Å². The fraction of sp³-hybridized carbons (Fsp3) is 0.103. The molecule has 0 fully saturated rings. The maximum absolute atomic E-state index is 13.2. The molecule has 0 saturated carbocycles. The first-order valence-corrected chi connectivity index (χ1v) is 11.7. The van der Waals surface area contributed by atoms with Crippen molar-refractivity contribution in [2.75, 3.05) is 10.6 Å². The predicted octanol–water partition coefficient (Wildman–Crippen LogP) is 9.54. The molecule has 0 unspecified atom stereocenters. The summed E-state index contributed by atoms with van der Waals surface area (Å²) in [5.41, 5.74) is 4.73. The van der Waals surface area contributed by atoms with Crippen molar-refractivity contribution in [2.24, 2.45) is 20.5 Å². The highest BCUT2D eigenvalue weighted by atomic mass is 19.1. The average molecular weight is 475 g/mol. The van der Waals surface area contributed by atoms with E-state index in [9.17, 15) is 4.39 Å². The van der Waals surface area contributed by atoms with Gasteiger partial charge in [-0.05, 0) is 68.4 Å². The van der Waals surface area contributed by atoms with Gasteiger partial charge in [0.25, 0.3) is 0 Å². The number of anilines is 2. The van der Waals surface area contributed by atoms with Crippen LogP contribution in [0.15, 0.2) is 111 Å². The molecule has 2 N–H and O–H groups in total. The van der Waals surface area contributed by atoms with Crippen LogP contribution in [0.25, 0.3) is 21.5 Å². The van der Waals surface area contributed by atoms with E-state index in [4.69, 9.17) is 0 Å². The number of nitrogens with zero attached hydrogens (tertiary/aromatic N) is 4. The number of hydrogen-bond acceptors (Lipinski definition) is 6. The topological polar surface area (TPSA) is 73.5 Å². The Bertz CT molecular complexity index is 1660. The van der Waals surface area contributed by atoms with Crippen LogP contribution in [0.5, 0.6) is 0 Å². The molecule has 0 radical (unpaired) electrons. The summed E-state index contributed by atoms with van der Waals surface area (Å²) in [7, 11) is 0. The third-order valence-corrected chi connectivity index (χ3v) is 6.16. The number of fused-ring (bicyclic) bond motifs is 1. The second-order valence-corrected chi connectivity index (χ2v) is 9.26. The Labute approximate surface area is 207 Å². The first-order chi connectivity index (χ1) is 17.5. The molecule has 5 aromatic rings. The molecule has 36 heavy (non-hydrogen) atoms. The second-order valence-electron chi connectivity index (χ2n) is 9.26. The molecule has 6 nitrogen and oxygen atoms in total. The van der Waals surface area contributed by atoms with Crippen molar-refractivity contribution in [3.8, 4) is 0 Å². The van der Waals surface area contributed by atoms with Gasteiger partial charge in [-0.15, -0.1) is 15.3 Å². The third kappa shape index (κ3) is 4.05. The summed E-state index contributed by atoms with van der Waals surface area (Å²) >= 11 is 0. The van der Waals surface area contributed by atoms with Crippen LogP contribution < -0.4 is 10.6 Å². The van der Waals surface area contributed by atoms with Gasteiger partial charge in [-0.2, -0.15) is 5.11 Å². The Kier molecular flexibility index (Phi) is 5.18. The van der Waals surface area contributed by atoms with Gasteiger partial charge in [0.1, 0.15) is 11.5 Å². The van der Waals surface area contributed by atoms with Crippen molar-refractivity contribution in [1.29, 1.82) is 0 Å². The lowest BCUT2D eigenvalue weighted by Gasteiger charge is -2.36. The average Bonchev–Trinajstić information content (AvgIpc) is 2.87. The van der Waals surface area contributed by atoms with Gasteiger partial charge in [0.2, 0.25) is 0 Å². The minimum Gasteiger partial charge on any atom is -0.363 e. The van der Waals surface area contributed by atoms with Gasteiger partial charge in [-0.1, -0.05) is 36.4 Å². The number of benzene rings is 5. The molecule has 1 aliphatic rings. The standard InChI is InChI=1S/C29H23FN6/c1-29(2)31-26-9-5-8-22-25(16-17-27(32-29)28(22)26)36-35-24-15-14-23(20-6-3-4-7-21(20)24)34-33-19-12-10-18(30)11-13-19/h3-17,31-32H,1-2H3. The molecule has 0 spiro atoms. The zero-order valence-corrected chi connectivity index (χ0v) is 19.8. The number of hydrogen-bond donors (Lipinski definition) is 2. The normalized spacial score (nSPS) is 14.4. The SMILES string of the molecule is CC1(C)Nc2cccc3c(N=Nc4ccc(N=Nc5ccc(F)cc5)c5ccccc45)ccc(c23)N1. The molecule has 1 heterocycles. The monoisotopic (exact) mass is 474 g/mol. The molecular formula is C29H23FN6. The summed E-state index contributed by atoms with van der Waals surface area (Å²) < 4.78 is 13.2. The van der Waals surface area contributed by atoms with E-state index in [2.05, 4.69) is 63.1 Å². The van der Waals surface area contributed by atoms with E-state index in [0.29, 0.717) is 11.4 Å². The quantitative estimate of drug-likeness (QED) is 0.255. The summed E-state index contributed by atoms with van der Waals surface area (Å²) in [5.74, 6) is -0.304. The van der Waals surface area contributed by atoms with Crippen LogP contribution in [0.3, 0.4) is 0 Å². The minimum absolute atomic E-state index is 0.237. The van der Waals surface area contributed by atoms with Gasteiger partial charge in [0.05, 0.1) is 22.7 Å². The largest absolute Gasteiger partial charge is 0.363 e. The smallest absolute Gasteiger partial charge is 0.123 e. The van der Waals surface area contributed by atoms with E-state index in [1.807, 2.05) is 48.5 Å². The number of nitrogens with one attached hydrogen (secondary N) is 2. The fourth-order valence-electron chi connectivity index (χ4n) is 4.56. The van der Waals surface area contributed by atoms with Gasteiger partial charge in [-0.25, -0.2) is 4.39 Å². The van der Waals surface area contributed by atoms with Crippen LogP contribution in [-0.4, -0.2) is 5.66 Å². The number of halogens is 1. The van der Waals surface area contributed by atoms with Crippen LogP contribution in [0.2, 0.25) is 0 Å². The molecule has 0 saturated heterocycles. The molecule has 176 valence electrons. The van der Waals surface area contributed by atoms with Gasteiger partial charge in [-0.3, -0.25) is 0 Å². The van der Waals surface area contributed by atoms with Gasteiger partial charge in [0, 0.05) is 32.9 Å². The first-order valence-electron chi connectivity index (χ1n) is 11.7. The van der Waals surface area contributed by atoms with Gasteiger partial charge >= 0.3 is 0 Å². The highest BCUT2D eigenvalue weighted by molar-refractivity contribution is 6.09. The molecule has 6 rings (SSSR count). The second kappa shape index (κ2) is 8.53. The van der Waals surface area contributed by atoms with Crippen molar-refractivity contribution < 1.29 is 4.39 Å². The zero-order chi connectivity index (χ0) is 24.7. The Balaban J connectivity index is 1.37. The summed E-state index contributed by atoms with van der Waals surface area (Å²) in [6.07, 6.45) is 0. The zero-order valence-electron chi connectivity index (χ0n) is 19.8. The van der Waals surface area contributed by atoms with E-state index >= 15 is 0 Å². The van der Waals surface area contributed by atoms with Crippen LogP contribution >= 0.6 is 0 Å². The Hall–Kier alpha value is -4.65. The molecule has 1 aliphatic heterocycles. The summed E-state index contributed by atoms with van der Waals surface area (Å²) in [6.45, 7) is 4.22. The molecule has 0 aromatic heterocycles. The Morgan fingerprint density at radius 1 is 0.556 bits per heavy atom. The lowest BCUT2D eigenvalue weighted by Crippen LogP contribution is -2.41.